The third-order valence-electron chi connectivity index (χ3n) is 3.99. The van der Waals surface area contributed by atoms with Gasteiger partial charge in [0.25, 0.3) is 0 Å². The second kappa shape index (κ2) is 5.82. The lowest BCUT2D eigenvalue weighted by Crippen LogP contribution is -2.23. The Balaban J connectivity index is 1.87. The minimum absolute atomic E-state index is 0.404. The molecule has 2 aliphatic rings. The van der Waals surface area contributed by atoms with E-state index < -0.39 is 0 Å². The summed E-state index contributed by atoms with van der Waals surface area (Å²) in [5.41, 5.74) is 2.41. The lowest BCUT2D eigenvalue weighted by molar-refractivity contribution is 0.654. The van der Waals surface area contributed by atoms with Gasteiger partial charge in [0.2, 0.25) is 0 Å². The molecule has 1 aliphatic carbocycles. The molecule has 0 saturated carbocycles. The van der Waals surface area contributed by atoms with E-state index in [0.29, 0.717) is 20.9 Å². The van der Waals surface area contributed by atoms with Crippen LogP contribution in [0.1, 0.15) is 49.0 Å². The maximum Gasteiger partial charge on any atom is 0.144 e. The fourth-order valence-electron chi connectivity index (χ4n) is 2.63. The van der Waals surface area contributed by atoms with Gasteiger partial charge in [-0.15, -0.1) is 11.8 Å². The van der Waals surface area contributed by atoms with Crippen molar-refractivity contribution >= 4 is 35.1 Å². The molecule has 3 unspecified atom stereocenters. The molecule has 19 heavy (non-hydrogen) atoms. The largest absolute Gasteiger partial charge is 0.236 e. The molecule has 2 nitrogen and oxygen atoms in total. The van der Waals surface area contributed by atoms with Crippen LogP contribution in [0.15, 0.2) is 0 Å². The lowest BCUT2D eigenvalue weighted by atomic mass is 9.97. The van der Waals surface area contributed by atoms with E-state index in [1.165, 1.54) is 24.1 Å². The Morgan fingerprint density at radius 2 is 1.89 bits per heavy atom. The van der Waals surface area contributed by atoms with Crippen LogP contribution >= 0.6 is 35.1 Å². The van der Waals surface area contributed by atoms with Crippen molar-refractivity contribution in [2.24, 2.45) is 0 Å². The van der Waals surface area contributed by atoms with E-state index in [1.54, 1.807) is 0 Å². The van der Waals surface area contributed by atoms with Crippen molar-refractivity contribution in [1.29, 1.82) is 0 Å². The molecular formula is C14H19ClN2S2. The molecule has 1 aliphatic heterocycles. The van der Waals surface area contributed by atoms with E-state index in [0.717, 1.165) is 24.4 Å². The number of thioether (sulfide) groups is 2. The van der Waals surface area contributed by atoms with Gasteiger partial charge in [-0.05, 0) is 25.7 Å². The number of halogens is 1. The predicted octanol–water partition coefficient (Wildman–Crippen LogP) is 4.31. The van der Waals surface area contributed by atoms with Crippen molar-refractivity contribution in [3.63, 3.8) is 0 Å². The Bertz CT molecular complexity index is 481. The van der Waals surface area contributed by atoms with Crippen LogP contribution in [0.3, 0.4) is 0 Å². The van der Waals surface area contributed by atoms with Crippen LogP contribution < -0.4 is 0 Å². The number of nitrogens with zero attached hydrogens (tertiary/aromatic N) is 2. The molecule has 2 heterocycles. The molecule has 0 amide bonds. The molecule has 0 spiro atoms. The standard InChI is InChI=1S/C14H19ClN2S2/c1-8-9(2)19-12(7-18-8)14-16-11-6-4-3-5-10(11)13(15)17-14/h8-9,12H,3-7H2,1-2H3. The fraction of sp³-hybridized carbons (Fsp3) is 0.714. The quantitative estimate of drug-likeness (QED) is 0.722. The lowest BCUT2D eigenvalue weighted by Gasteiger charge is -2.31. The summed E-state index contributed by atoms with van der Waals surface area (Å²) in [6.45, 7) is 4.60. The number of rotatable bonds is 1. The van der Waals surface area contributed by atoms with Crippen molar-refractivity contribution in [3.8, 4) is 0 Å². The number of hydrogen-bond acceptors (Lipinski definition) is 4. The van der Waals surface area contributed by atoms with E-state index in [9.17, 15) is 0 Å². The summed E-state index contributed by atoms with van der Waals surface area (Å²) in [7, 11) is 0. The first-order valence-corrected chi connectivity index (χ1v) is 9.34. The molecule has 3 rings (SSSR count). The van der Waals surface area contributed by atoms with Crippen LogP contribution in [0.25, 0.3) is 0 Å². The molecule has 0 aromatic carbocycles. The smallest absolute Gasteiger partial charge is 0.144 e. The highest BCUT2D eigenvalue weighted by molar-refractivity contribution is 8.07. The highest BCUT2D eigenvalue weighted by Crippen LogP contribution is 2.43. The van der Waals surface area contributed by atoms with E-state index in [-0.39, 0.29) is 0 Å². The second-order valence-electron chi connectivity index (χ2n) is 5.37. The summed E-state index contributed by atoms with van der Waals surface area (Å²) in [4.78, 5) is 9.42. The highest BCUT2D eigenvalue weighted by atomic mass is 35.5. The Labute approximate surface area is 128 Å². The molecule has 104 valence electrons. The van der Waals surface area contributed by atoms with Crippen LogP contribution in [0.5, 0.6) is 0 Å². The molecule has 1 saturated heterocycles. The Morgan fingerprint density at radius 1 is 1.11 bits per heavy atom. The average molecular weight is 315 g/mol. The molecular weight excluding hydrogens is 296 g/mol. The van der Waals surface area contributed by atoms with Gasteiger partial charge in [0.1, 0.15) is 11.0 Å². The number of fused-ring (bicyclic) bond motifs is 1. The fourth-order valence-corrected chi connectivity index (χ4v) is 5.76. The number of aromatic nitrogens is 2. The maximum atomic E-state index is 6.36. The van der Waals surface area contributed by atoms with Crippen LogP contribution in [0.4, 0.5) is 0 Å². The van der Waals surface area contributed by atoms with Gasteiger partial charge >= 0.3 is 0 Å². The SMILES string of the molecule is CC1SCC(c2nc(Cl)c3c(n2)CCCC3)SC1C. The Hall–Kier alpha value is 0.0700. The molecule has 0 N–H and O–H groups in total. The van der Waals surface area contributed by atoms with Gasteiger partial charge in [0.05, 0.1) is 5.25 Å². The van der Waals surface area contributed by atoms with Gasteiger partial charge in [0.15, 0.2) is 0 Å². The Kier molecular flexibility index (Phi) is 4.30. The first-order valence-electron chi connectivity index (χ1n) is 6.97. The third-order valence-corrected chi connectivity index (χ3v) is 7.69. The van der Waals surface area contributed by atoms with Crippen LogP contribution in [0.2, 0.25) is 5.15 Å². The maximum absolute atomic E-state index is 6.36. The molecule has 0 bridgehead atoms. The zero-order chi connectivity index (χ0) is 13.4. The normalized spacial score (nSPS) is 31.0. The van der Waals surface area contributed by atoms with Crippen molar-refractivity contribution < 1.29 is 0 Å². The van der Waals surface area contributed by atoms with Crippen LogP contribution in [-0.4, -0.2) is 26.2 Å². The van der Waals surface area contributed by atoms with E-state index in [1.807, 2.05) is 23.5 Å². The van der Waals surface area contributed by atoms with Crippen LogP contribution in [-0.2, 0) is 12.8 Å². The topological polar surface area (TPSA) is 25.8 Å². The summed E-state index contributed by atoms with van der Waals surface area (Å²) in [5.74, 6) is 2.06. The van der Waals surface area contributed by atoms with Gasteiger partial charge in [-0.1, -0.05) is 25.4 Å². The molecule has 1 aromatic rings. The number of hydrogen-bond donors (Lipinski definition) is 0. The Morgan fingerprint density at radius 3 is 2.68 bits per heavy atom. The summed E-state index contributed by atoms with van der Waals surface area (Å²) in [6, 6.07) is 0. The molecule has 1 fully saturated rings. The molecule has 1 aromatic heterocycles. The van der Waals surface area contributed by atoms with Crippen molar-refractivity contribution in [1.82, 2.24) is 9.97 Å². The monoisotopic (exact) mass is 314 g/mol. The third kappa shape index (κ3) is 2.91. The van der Waals surface area contributed by atoms with E-state index in [2.05, 4.69) is 18.8 Å². The van der Waals surface area contributed by atoms with Gasteiger partial charge in [0, 0.05) is 27.5 Å². The number of aryl methyl sites for hydroxylation is 1. The van der Waals surface area contributed by atoms with Gasteiger partial charge in [-0.25, -0.2) is 9.97 Å². The summed E-state index contributed by atoms with van der Waals surface area (Å²) < 4.78 is 0. The second-order valence-corrected chi connectivity index (χ2v) is 8.73. The summed E-state index contributed by atoms with van der Waals surface area (Å²) >= 11 is 10.4. The minimum atomic E-state index is 0.404. The molecule has 0 radical (unpaired) electrons. The van der Waals surface area contributed by atoms with Gasteiger partial charge in [-0.3, -0.25) is 0 Å². The molecule has 5 heteroatoms. The zero-order valence-electron chi connectivity index (χ0n) is 11.4. The molecule has 3 atom stereocenters. The first-order chi connectivity index (χ1) is 9.15. The van der Waals surface area contributed by atoms with Gasteiger partial charge in [-0.2, -0.15) is 11.8 Å². The van der Waals surface area contributed by atoms with Crippen molar-refractivity contribution in [2.75, 3.05) is 5.75 Å². The average Bonchev–Trinajstić information content (AvgIpc) is 2.42. The summed E-state index contributed by atoms with van der Waals surface area (Å²) in [6.07, 6.45) is 4.58. The van der Waals surface area contributed by atoms with Crippen molar-refractivity contribution in [2.45, 2.75) is 55.3 Å². The van der Waals surface area contributed by atoms with E-state index >= 15 is 0 Å². The first kappa shape index (κ1) is 14.0. The van der Waals surface area contributed by atoms with E-state index in [4.69, 9.17) is 16.6 Å². The highest BCUT2D eigenvalue weighted by Gasteiger charge is 2.29. The van der Waals surface area contributed by atoms with Crippen LogP contribution in [0, 0.1) is 0 Å². The predicted molar refractivity (Wildman–Crippen MR) is 85.4 cm³/mol. The van der Waals surface area contributed by atoms with Crippen molar-refractivity contribution in [3.05, 3.63) is 22.2 Å². The summed E-state index contributed by atoms with van der Waals surface area (Å²) in [5, 5.41) is 2.48. The van der Waals surface area contributed by atoms with Gasteiger partial charge < -0.3 is 0 Å². The zero-order valence-corrected chi connectivity index (χ0v) is 13.7. The minimum Gasteiger partial charge on any atom is -0.236 e.